The molecule has 206 valence electrons. The van der Waals surface area contributed by atoms with Crippen LogP contribution in [0.25, 0.3) is 0 Å². The van der Waals surface area contributed by atoms with Gasteiger partial charge >= 0.3 is 12.1 Å². The van der Waals surface area contributed by atoms with Crippen LogP contribution in [0.4, 0.5) is 4.79 Å². The van der Waals surface area contributed by atoms with Gasteiger partial charge in [-0.1, -0.05) is 44.9 Å². The van der Waals surface area contributed by atoms with Gasteiger partial charge in [-0.25, -0.2) is 9.59 Å². The molecule has 1 N–H and O–H groups in total. The molecule has 6 heteroatoms. The Bertz CT molecular complexity index is 941. The number of nitrogens with zero attached hydrogens (tertiary/aromatic N) is 1. The summed E-state index contributed by atoms with van der Waals surface area (Å²) >= 11 is 0. The van der Waals surface area contributed by atoms with Crippen LogP contribution >= 0.6 is 0 Å². The second kappa shape index (κ2) is 12.2. The van der Waals surface area contributed by atoms with Gasteiger partial charge in [-0.2, -0.15) is 0 Å². The summed E-state index contributed by atoms with van der Waals surface area (Å²) in [5, 5.41) is 11.7. The molecule has 1 amide bonds. The summed E-state index contributed by atoms with van der Waals surface area (Å²) in [6.07, 6.45) is 11.7. The minimum absolute atomic E-state index is 0.0209. The third-order valence-electron chi connectivity index (χ3n) is 9.58. The third kappa shape index (κ3) is 6.16. The van der Waals surface area contributed by atoms with E-state index in [-0.39, 0.29) is 30.1 Å². The second-order valence-electron chi connectivity index (χ2n) is 12.0. The average Bonchev–Trinajstić information content (AvgIpc) is 3.25. The number of carbonyl (C=O) groups excluding carboxylic acids is 2. The maximum absolute atomic E-state index is 12.8. The SMILES string of the molecule is CCC(C)/C=C(/C)C(C)C1CCC(C(O)C2=C(C3=CCCOC3=O)CC(N3C(=O)OC[C@H]3C)CC2)CC1. The van der Waals surface area contributed by atoms with Crippen LogP contribution < -0.4 is 0 Å². The molecular weight excluding hydrogens is 466 g/mol. The van der Waals surface area contributed by atoms with Crippen LogP contribution in [0.5, 0.6) is 0 Å². The van der Waals surface area contributed by atoms with Crippen LogP contribution in [0.15, 0.2) is 34.4 Å². The van der Waals surface area contributed by atoms with Crippen molar-refractivity contribution in [3.05, 3.63) is 34.4 Å². The van der Waals surface area contributed by atoms with Gasteiger partial charge in [0.25, 0.3) is 0 Å². The van der Waals surface area contributed by atoms with E-state index in [0.717, 1.165) is 43.3 Å². The third-order valence-corrected chi connectivity index (χ3v) is 9.58. The number of aliphatic hydroxyl groups excluding tert-OH is 1. The number of amides is 1. The highest BCUT2D eigenvalue weighted by atomic mass is 16.6. The lowest BCUT2D eigenvalue weighted by Gasteiger charge is -2.40. The van der Waals surface area contributed by atoms with Crippen LogP contribution in [0.3, 0.4) is 0 Å². The molecular formula is C31H47NO5. The number of carbonyl (C=O) groups is 2. The van der Waals surface area contributed by atoms with E-state index in [9.17, 15) is 14.7 Å². The molecule has 0 aromatic heterocycles. The molecule has 0 radical (unpaired) electrons. The van der Waals surface area contributed by atoms with Crippen molar-refractivity contribution in [2.45, 2.75) is 111 Å². The Morgan fingerprint density at radius 3 is 2.46 bits per heavy atom. The largest absolute Gasteiger partial charge is 0.462 e. The molecule has 0 spiro atoms. The van der Waals surface area contributed by atoms with Crippen molar-refractivity contribution in [3.8, 4) is 0 Å². The summed E-state index contributed by atoms with van der Waals surface area (Å²) in [4.78, 5) is 27.0. The quantitative estimate of drug-likeness (QED) is 0.302. The first-order chi connectivity index (χ1) is 17.7. The van der Waals surface area contributed by atoms with Crippen LogP contribution in [0.1, 0.15) is 92.4 Å². The lowest BCUT2D eigenvalue weighted by atomic mass is 9.70. The Morgan fingerprint density at radius 1 is 1.14 bits per heavy atom. The maximum Gasteiger partial charge on any atom is 0.410 e. The number of rotatable bonds is 8. The Balaban J connectivity index is 1.50. The molecule has 4 unspecified atom stereocenters. The number of esters is 1. The van der Waals surface area contributed by atoms with Gasteiger partial charge in [0.1, 0.15) is 6.61 Å². The second-order valence-corrected chi connectivity index (χ2v) is 12.0. The number of ether oxygens (including phenoxy) is 2. The van der Waals surface area contributed by atoms with Gasteiger partial charge in [0.05, 0.1) is 24.3 Å². The van der Waals surface area contributed by atoms with E-state index >= 15 is 0 Å². The van der Waals surface area contributed by atoms with E-state index in [1.165, 1.54) is 12.0 Å². The molecule has 0 aromatic rings. The number of cyclic esters (lactones) is 2. The van der Waals surface area contributed by atoms with Crippen molar-refractivity contribution < 1.29 is 24.2 Å². The van der Waals surface area contributed by atoms with E-state index in [1.54, 1.807) is 0 Å². The van der Waals surface area contributed by atoms with Gasteiger partial charge in [0.2, 0.25) is 0 Å². The number of aliphatic hydroxyl groups is 1. The Morgan fingerprint density at radius 2 is 1.84 bits per heavy atom. The Kier molecular flexibility index (Phi) is 9.20. The molecule has 2 aliphatic carbocycles. The summed E-state index contributed by atoms with van der Waals surface area (Å²) in [5.74, 6) is 1.75. The molecule has 5 atom stereocenters. The van der Waals surface area contributed by atoms with E-state index < -0.39 is 6.10 Å². The Labute approximate surface area is 223 Å². The van der Waals surface area contributed by atoms with E-state index in [1.807, 2.05) is 17.9 Å². The van der Waals surface area contributed by atoms with Gasteiger partial charge in [-0.3, -0.25) is 4.90 Å². The highest BCUT2D eigenvalue weighted by Gasteiger charge is 2.41. The monoisotopic (exact) mass is 513 g/mol. The minimum Gasteiger partial charge on any atom is -0.462 e. The van der Waals surface area contributed by atoms with Crippen LogP contribution in [0, 0.1) is 23.7 Å². The first kappa shape index (κ1) is 27.9. The Hall–Kier alpha value is -2.08. The van der Waals surface area contributed by atoms with Crippen LogP contribution in [-0.4, -0.2) is 53.5 Å². The van der Waals surface area contributed by atoms with Crippen molar-refractivity contribution >= 4 is 12.1 Å². The highest BCUT2D eigenvalue weighted by molar-refractivity contribution is 5.94. The summed E-state index contributed by atoms with van der Waals surface area (Å²) in [6, 6.07) is -0.00367. The topological polar surface area (TPSA) is 76.1 Å². The van der Waals surface area contributed by atoms with Crippen LogP contribution in [-0.2, 0) is 14.3 Å². The molecule has 37 heavy (non-hydrogen) atoms. The lowest BCUT2D eigenvalue weighted by molar-refractivity contribution is -0.139. The molecule has 2 heterocycles. The van der Waals surface area contributed by atoms with Gasteiger partial charge in [-0.15, -0.1) is 0 Å². The summed E-state index contributed by atoms with van der Waals surface area (Å²) in [6.45, 7) is 12.0. The fraction of sp³-hybridized carbons (Fsp3) is 0.742. The van der Waals surface area contributed by atoms with Gasteiger partial charge < -0.3 is 14.6 Å². The zero-order chi connectivity index (χ0) is 26.7. The zero-order valence-corrected chi connectivity index (χ0v) is 23.5. The standard InChI is InChI=1S/C31H47NO5/c1-6-19(2)16-20(3)22(5)23-9-11-24(12-10-23)29(33)26-14-13-25(32-21(4)18-37-31(32)35)17-28(26)27-8-7-15-36-30(27)34/h8,16,19,21-25,29,33H,6-7,9-15,17-18H2,1-5H3/b20-16-/t19?,21-,22?,23?,24?,25?,29?/m1/s1. The average molecular weight is 514 g/mol. The maximum atomic E-state index is 12.8. The molecule has 1 saturated carbocycles. The van der Waals surface area contributed by atoms with Crippen molar-refractivity contribution in [2.75, 3.05) is 13.2 Å². The lowest BCUT2D eigenvalue weighted by Crippen LogP contribution is -2.43. The first-order valence-corrected chi connectivity index (χ1v) is 14.6. The predicted molar refractivity (Wildman–Crippen MR) is 145 cm³/mol. The number of allylic oxidation sites excluding steroid dienone is 2. The van der Waals surface area contributed by atoms with E-state index in [2.05, 4.69) is 33.8 Å². The first-order valence-electron chi connectivity index (χ1n) is 14.6. The molecule has 6 nitrogen and oxygen atoms in total. The predicted octanol–water partition coefficient (Wildman–Crippen LogP) is 6.35. The van der Waals surface area contributed by atoms with Gasteiger partial charge in [0.15, 0.2) is 0 Å². The number of hydrogen-bond acceptors (Lipinski definition) is 5. The summed E-state index contributed by atoms with van der Waals surface area (Å²) in [5.41, 5.74) is 3.99. The van der Waals surface area contributed by atoms with Crippen molar-refractivity contribution in [1.82, 2.24) is 4.90 Å². The highest BCUT2D eigenvalue weighted by Crippen LogP contribution is 2.43. The molecule has 0 bridgehead atoms. The van der Waals surface area contributed by atoms with Crippen molar-refractivity contribution in [3.63, 3.8) is 0 Å². The molecule has 2 aliphatic heterocycles. The summed E-state index contributed by atoms with van der Waals surface area (Å²) in [7, 11) is 0. The smallest absolute Gasteiger partial charge is 0.410 e. The van der Waals surface area contributed by atoms with Gasteiger partial charge in [0, 0.05) is 12.5 Å². The van der Waals surface area contributed by atoms with Crippen molar-refractivity contribution in [1.29, 1.82) is 0 Å². The molecule has 1 saturated heterocycles. The van der Waals surface area contributed by atoms with Crippen LogP contribution in [0.2, 0.25) is 0 Å². The zero-order valence-electron chi connectivity index (χ0n) is 23.5. The normalized spacial score (nSPS) is 32.0. The fourth-order valence-corrected chi connectivity index (χ4v) is 6.92. The molecule has 4 aliphatic rings. The number of hydrogen-bond donors (Lipinski definition) is 1. The fourth-order valence-electron chi connectivity index (χ4n) is 6.92. The van der Waals surface area contributed by atoms with E-state index in [0.29, 0.717) is 55.8 Å². The molecule has 4 rings (SSSR count). The van der Waals surface area contributed by atoms with E-state index in [4.69, 9.17) is 9.47 Å². The summed E-state index contributed by atoms with van der Waals surface area (Å²) < 4.78 is 10.7. The molecule has 0 aromatic carbocycles. The van der Waals surface area contributed by atoms with Gasteiger partial charge in [-0.05, 0) is 93.6 Å². The molecule has 2 fully saturated rings. The van der Waals surface area contributed by atoms with Crippen molar-refractivity contribution in [2.24, 2.45) is 23.7 Å². The minimum atomic E-state index is -0.553.